The first kappa shape index (κ1) is 17.8. The number of sulfonamides is 1. The van der Waals surface area contributed by atoms with E-state index in [0.717, 1.165) is 45.8 Å². The fourth-order valence-electron chi connectivity index (χ4n) is 3.47. The molecule has 1 N–H and O–H groups in total. The minimum atomic E-state index is -3.34. The van der Waals surface area contributed by atoms with E-state index in [2.05, 4.69) is 15.1 Å². The third-order valence-corrected chi connectivity index (χ3v) is 6.90. The predicted molar refractivity (Wildman–Crippen MR) is 95.4 cm³/mol. The lowest BCUT2D eigenvalue weighted by Crippen LogP contribution is -2.50. The van der Waals surface area contributed by atoms with Gasteiger partial charge in [-0.3, -0.25) is 9.80 Å². The fourth-order valence-corrected chi connectivity index (χ4v) is 4.38. The van der Waals surface area contributed by atoms with Crippen molar-refractivity contribution in [1.29, 1.82) is 0 Å². The molecule has 2 heterocycles. The lowest BCUT2D eigenvalue weighted by atomic mass is 10.1. The van der Waals surface area contributed by atoms with Gasteiger partial charge in [0.05, 0.1) is 4.90 Å². The highest BCUT2D eigenvalue weighted by molar-refractivity contribution is 7.89. The zero-order chi connectivity index (χ0) is 17.2. The van der Waals surface area contributed by atoms with E-state index >= 15 is 0 Å². The van der Waals surface area contributed by atoms with E-state index in [1.54, 1.807) is 26.2 Å². The van der Waals surface area contributed by atoms with E-state index in [1.807, 2.05) is 12.1 Å². The molecule has 0 amide bonds. The summed E-state index contributed by atoms with van der Waals surface area (Å²) in [6.07, 6.45) is 1.27. The Bertz CT molecular complexity index is 631. The summed E-state index contributed by atoms with van der Waals surface area (Å²) in [4.78, 5) is 5.41. The standard InChI is InChI=1S/C17H28N4O2S/c1-19(2)24(22,23)17-5-3-15(4-6-17)14-20-9-11-21(12-10-20)16-7-8-18-13-16/h3-6,16,18H,7-14H2,1-2H3. The Balaban J connectivity index is 1.54. The molecule has 1 aromatic carbocycles. The van der Waals surface area contributed by atoms with Crippen molar-refractivity contribution in [1.82, 2.24) is 19.4 Å². The predicted octanol–water partition coefficient (Wildman–Crippen LogP) is 0.416. The molecule has 2 fully saturated rings. The summed E-state index contributed by atoms with van der Waals surface area (Å²) < 4.78 is 25.4. The summed E-state index contributed by atoms with van der Waals surface area (Å²) in [6, 6.07) is 8.01. The highest BCUT2D eigenvalue weighted by Crippen LogP contribution is 2.17. The van der Waals surface area contributed by atoms with Crippen LogP contribution in [0, 0.1) is 0 Å². The molecule has 1 atom stereocenters. The van der Waals surface area contributed by atoms with Crippen molar-refractivity contribution in [3.05, 3.63) is 29.8 Å². The van der Waals surface area contributed by atoms with Gasteiger partial charge < -0.3 is 5.32 Å². The van der Waals surface area contributed by atoms with E-state index in [9.17, 15) is 8.42 Å². The summed E-state index contributed by atoms with van der Waals surface area (Å²) in [6.45, 7) is 7.56. The van der Waals surface area contributed by atoms with Crippen molar-refractivity contribution in [2.75, 3.05) is 53.4 Å². The second-order valence-electron chi connectivity index (χ2n) is 6.89. The summed E-state index contributed by atoms with van der Waals surface area (Å²) in [5.74, 6) is 0. The van der Waals surface area contributed by atoms with Crippen LogP contribution in [0.5, 0.6) is 0 Å². The molecule has 134 valence electrons. The van der Waals surface area contributed by atoms with Gasteiger partial charge in [-0.1, -0.05) is 12.1 Å². The maximum absolute atomic E-state index is 12.1. The molecule has 1 aromatic rings. The molecular weight excluding hydrogens is 324 g/mol. The molecule has 7 heteroatoms. The molecule has 0 aromatic heterocycles. The molecular formula is C17H28N4O2S. The molecule has 2 aliphatic heterocycles. The minimum Gasteiger partial charge on any atom is -0.315 e. The minimum absolute atomic E-state index is 0.356. The largest absolute Gasteiger partial charge is 0.315 e. The maximum atomic E-state index is 12.1. The Kier molecular flexibility index (Phi) is 5.56. The normalized spacial score (nSPS) is 23.9. The molecule has 3 rings (SSSR count). The van der Waals surface area contributed by atoms with Crippen LogP contribution in [0.1, 0.15) is 12.0 Å². The van der Waals surface area contributed by atoms with Crippen LogP contribution in [0.2, 0.25) is 0 Å². The fraction of sp³-hybridized carbons (Fsp3) is 0.647. The monoisotopic (exact) mass is 352 g/mol. The average Bonchev–Trinajstić information content (AvgIpc) is 3.10. The number of benzene rings is 1. The Morgan fingerprint density at radius 2 is 1.79 bits per heavy atom. The quantitative estimate of drug-likeness (QED) is 0.832. The van der Waals surface area contributed by atoms with Gasteiger partial charge in [-0.05, 0) is 30.7 Å². The number of nitrogens with one attached hydrogen (secondary N) is 1. The van der Waals surface area contributed by atoms with Gasteiger partial charge in [-0.2, -0.15) is 0 Å². The van der Waals surface area contributed by atoms with Crippen molar-refractivity contribution in [3.63, 3.8) is 0 Å². The number of hydrogen-bond acceptors (Lipinski definition) is 5. The number of rotatable bonds is 5. The van der Waals surface area contributed by atoms with Gasteiger partial charge in [0, 0.05) is 59.4 Å². The molecule has 0 spiro atoms. The van der Waals surface area contributed by atoms with Crippen LogP contribution in [-0.4, -0.2) is 81.9 Å². The van der Waals surface area contributed by atoms with Crippen molar-refractivity contribution in [3.8, 4) is 0 Å². The molecule has 2 saturated heterocycles. The van der Waals surface area contributed by atoms with E-state index in [0.29, 0.717) is 10.9 Å². The van der Waals surface area contributed by atoms with E-state index < -0.39 is 10.0 Å². The number of piperazine rings is 1. The lowest BCUT2D eigenvalue weighted by Gasteiger charge is -2.37. The highest BCUT2D eigenvalue weighted by Gasteiger charge is 2.26. The van der Waals surface area contributed by atoms with E-state index in [4.69, 9.17) is 0 Å². The topological polar surface area (TPSA) is 55.9 Å². The smallest absolute Gasteiger partial charge is 0.242 e. The first-order chi connectivity index (χ1) is 11.5. The number of nitrogens with zero attached hydrogens (tertiary/aromatic N) is 3. The number of hydrogen-bond donors (Lipinski definition) is 1. The van der Waals surface area contributed by atoms with Crippen LogP contribution in [-0.2, 0) is 16.6 Å². The van der Waals surface area contributed by atoms with Crippen LogP contribution < -0.4 is 5.32 Å². The summed E-state index contributed by atoms with van der Waals surface area (Å²) >= 11 is 0. The zero-order valence-corrected chi connectivity index (χ0v) is 15.4. The van der Waals surface area contributed by atoms with Crippen molar-refractivity contribution in [2.45, 2.75) is 23.9 Å². The van der Waals surface area contributed by atoms with E-state index in [-0.39, 0.29) is 0 Å². The molecule has 6 nitrogen and oxygen atoms in total. The summed E-state index contributed by atoms with van der Waals surface area (Å²) in [5, 5.41) is 3.44. The third kappa shape index (κ3) is 3.97. The molecule has 24 heavy (non-hydrogen) atoms. The Morgan fingerprint density at radius 1 is 1.12 bits per heavy atom. The third-order valence-electron chi connectivity index (χ3n) is 5.07. The van der Waals surface area contributed by atoms with Gasteiger partial charge in [-0.15, -0.1) is 0 Å². The molecule has 0 saturated carbocycles. The Morgan fingerprint density at radius 3 is 2.33 bits per heavy atom. The second kappa shape index (κ2) is 7.49. The summed E-state index contributed by atoms with van der Waals surface area (Å²) in [5.41, 5.74) is 1.17. The van der Waals surface area contributed by atoms with Crippen molar-refractivity contribution < 1.29 is 8.42 Å². The second-order valence-corrected chi connectivity index (χ2v) is 9.04. The Labute approximate surface area is 145 Å². The highest BCUT2D eigenvalue weighted by atomic mass is 32.2. The SMILES string of the molecule is CN(C)S(=O)(=O)c1ccc(CN2CCN(C3CCNC3)CC2)cc1. The molecule has 1 unspecified atom stereocenters. The van der Waals surface area contributed by atoms with Crippen molar-refractivity contribution >= 4 is 10.0 Å². The summed E-state index contributed by atoms with van der Waals surface area (Å²) in [7, 11) is -0.220. The van der Waals surface area contributed by atoms with Gasteiger partial charge in [0.1, 0.15) is 0 Å². The van der Waals surface area contributed by atoms with Crippen LogP contribution >= 0.6 is 0 Å². The first-order valence-corrected chi connectivity index (χ1v) is 10.1. The van der Waals surface area contributed by atoms with Crippen LogP contribution in [0.15, 0.2) is 29.2 Å². The lowest BCUT2D eigenvalue weighted by molar-refractivity contribution is 0.0981. The van der Waals surface area contributed by atoms with Gasteiger partial charge in [0.25, 0.3) is 0 Å². The zero-order valence-electron chi connectivity index (χ0n) is 14.6. The van der Waals surface area contributed by atoms with Gasteiger partial charge in [0.2, 0.25) is 10.0 Å². The van der Waals surface area contributed by atoms with Crippen LogP contribution in [0.4, 0.5) is 0 Å². The van der Waals surface area contributed by atoms with Gasteiger partial charge in [0.15, 0.2) is 0 Å². The molecule has 0 radical (unpaired) electrons. The average molecular weight is 353 g/mol. The molecule has 0 aliphatic carbocycles. The molecule has 0 bridgehead atoms. The van der Waals surface area contributed by atoms with Gasteiger partial charge >= 0.3 is 0 Å². The Hall–Kier alpha value is -0.990. The van der Waals surface area contributed by atoms with Crippen molar-refractivity contribution in [2.24, 2.45) is 0 Å². The first-order valence-electron chi connectivity index (χ1n) is 8.65. The van der Waals surface area contributed by atoms with Crippen LogP contribution in [0.25, 0.3) is 0 Å². The van der Waals surface area contributed by atoms with E-state index in [1.165, 1.54) is 16.3 Å². The van der Waals surface area contributed by atoms with Crippen LogP contribution in [0.3, 0.4) is 0 Å². The van der Waals surface area contributed by atoms with Gasteiger partial charge in [-0.25, -0.2) is 12.7 Å². The molecule has 2 aliphatic rings. The maximum Gasteiger partial charge on any atom is 0.242 e.